The van der Waals surface area contributed by atoms with Crippen molar-refractivity contribution in [3.63, 3.8) is 0 Å². The quantitative estimate of drug-likeness (QED) is 0.759. The van der Waals surface area contributed by atoms with Crippen molar-refractivity contribution in [2.45, 2.75) is 58.0 Å². The van der Waals surface area contributed by atoms with Crippen molar-refractivity contribution in [1.82, 2.24) is 15.1 Å². The van der Waals surface area contributed by atoms with Crippen LogP contribution in [0.4, 0.5) is 0 Å². The van der Waals surface area contributed by atoms with Crippen LogP contribution in [0, 0.1) is 0 Å². The Labute approximate surface area is 160 Å². The molecule has 3 rings (SSSR count). The summed E-state index contributed by atoms with van der Waals surface area (Å²) >= 11 is 0. The third-order valence-corrected chi connectivity index (χ3v) is 5.03. The van der Waals surface area contributed by atoms with Crippen molar-refractivity contribution >= 4 is 17.3 Å². The number of hydrogen-bond acceptors (Lipinski definition) is 3. The van der Waals surface area contributed by atoms with Gasteiger partial charge in [-0.05, 0) is 36.5 Å². The molecule has 1 amide bonds. The molecule has 0 aliphatic heterocycles. The van der Waals surface area contributed by atoms with Gasteiger partial charge in [-0.25, -0.2) is 0 Å². The van der Waals surface area contributed by atoms with E-state index in [2.05, 4.69) is 17.0 Å². The number of nitrogens with one attached hydrogen (secondary N) is 1. The topological polar surface area (TPSA) is 64.0 Å². The van der Waals surface area contributed by atoms with Gasteiger partial charge in [0.1, 0.15) is 12.2 Å². The number of carbonyl (C=O) groups is 2. The van der Waals surface area contributed by atoms with Crippen LogP contribution < -0.4 is 5.32 Å². The maximum Gasteiger partial charge on any atom is 0.241 e. The number of Topliss-reactive ketones (excluding diaryl/α,β-unsaturated/α-hetero) is 1. The minimum atomic E-state index is -0.105. The summed E-state index contributed by atoms with van der Waals surface area (Å²) in [5.41, 5.74) is 3.07. The molecule has 2 aromatic rings. The van der Waals surface area contributed by atoms with Gasteiger partial charge >= 0.3 is 0 Å². The van der Waals surface area contributed by atoms with Crippen LogP contribution in [0.2, 0.25) is 0 Å². The van der Waals surface area contributed by atoms with Crippen molar-refractivity contribution < 1.29 is 9.59 Å². The Balaban J connectivity index is 1.69. The number of hydrogen-bond donors (Lipinski definition) is 1. The zero-order chi connectivity index (χ0) is 19.2. The van der Waals surface area contributed by atoms with Gasteiger partial charge in [-0.3, -0.25) is 14.3 Å². The van der Waals surface area contributed by atoms with Gasteiger partial charge in [0.25, 0.3) is 0 Å². The van der Waals surface area contributed by atoms with Crippen LogP contribution in [-0.2, 0) is 17.8 Å². The SMILES string of the molecule is C=C(Cc1ccccc1)c1cc(C(C)=O)n(CC(=O)NC2CCCCC2)n1. The third kappa shape index (κ3) is 5.16. The van der Waals surface area contributed by atoms with Crippen LogP contribution in [0.3, 0.4) is 0 Å². The molecule has 0 spiro atoms. The fourth-order valence-corrected chi connectivity index (χ4v) is 3.58. The molecule has 0 unspecified atom stereocenters. The predicted molar refractivity (Wildman–Crippen MR) is 106 cm³/mol. The molecule has 0 saturated heterocycles. The van der Waals surface area contributed by atoms with Crippen molar-refractivity contribution in [3.8, 4) is 0 Å². The molecule has 27 heavy (non-hydrogen) atoms. The number of amides is 1. The van der Waals surface area contributed by atoms with Gasteiger partial charge in [0.15, 0.2) is 5.78 Å². The number of allylic oxidation sites excluding steroid dienone is 1. The average Bonchev–Trinajstić information content (AvgIpc) is 3.07. The molecule has 142 valence electrons. The van der Waals surface area contributed by atoms with Gasteiger partial charge in [-0.15, -0.1) is 0 Å². The number of rotatable bonds is 7. The molecule has 0 bridgehead atoms. The fraction of sp³-hybridized carbons (Fsp3) is 0.409. The third-order valence-electron chi connectivity index (χ3n) is 5.03. The highest BCUT2D eigenvalue weighted by molar-refractivity contribution is 5.93. The summed E-state index contributed by atoms with van der Waals surface area (Å²) in [7, 11) is 0. The van der Waals surface area contributed by atoms with Gasteiger partial charge in [-0.1, -0.05) is 56.2 Å². The lowest BCUT2D eigenvalue weighted by molar-refractivity contribution is -0.122. The summed E-state index contributed by atoms with van der Waals surface area (Å²) in [5.74, 6) is -0.195. The van der Waals surface area contributed by atoms with Crippen LogP contribution in [0.25, 0.3) is 5.57 Å². The zero-order valence-corrected chi connectivity index (χ0v) is 15.9. The van der Waals surface area contributed by atoms with Crippen LogP contribution in [0.5, 0.6) is 0 Å². The first-order valence-electron chi connectivity index (χ1n) is 9.63. The van der Waals surface area contributed by atoms with E-state index in [0.29, 0.717) is 17.8 Å². The van der Waals surface area contributed by atoms with Crippen molar-refractivity contribution in [3.05, 3.63) is 59.9 Å². The van der Waals surface area contributed by atoms with E-state index < -0.39 is 0 Å². The molecule has 1 aromatic heterocycles. The summed E-state index contributed by atoms with van der Waals surface area (Å²) < 4.78 is 1.51. The molecule has 1 heterocycles. The summed E-state index contributed by atoms with van der Waals surface area (Å²) in [6.07, 6.45) is 6.28. The lowest BCUT2D eigenvalue weighted by atomic mass is 9.95. The van der Waals surface area contributed by atoms with Gasteiger partial charge in [0, 0.05) is 13.0 Å². The maximum atomic E-state index is 12.4. The van der Waals surface area contributed by atoms with Crippen molar-refractivity contribution in [2.75, 3.05) is 0 Å². The molecule has 5 nitrogen and oxygen atoms in total. The lowest BCUT2D eigenvalue weighted by Gasteiger charge is -2.22. The Bertz CT molecular complexity index is 817. The number of carbonyl (C=O) groups excluding carboxylic acids is 2. The highest BCUT2D eigenvalue weighted by atomic mass is 16.2. The van der Waals surface area contributed by atoms with Crippen LogP contribution in [0.1, 0.15) is 60.8 Å². The molecule has 1 aliphatic carbocycles. The summed E-state index contributed by atoms with van der Waals surface area (Å²) in [5, 5.41) is 7.57. The Morgan fingerprint density at radius 1 is 1.19 bits per heavy atom. The summed E-state index contributed by atoms with van der Waals surface area (Å²) in [6, 6.07) is 12.0. The van der Waals surface area contributed by atoms with E-state index in [9.17, 15) is 9.59 Å². The average molecular weight is 365 g/mol. The van der Waals surface area contributed by atoms with Crippen molar-refractivity contribution in [1.29, 1.82) is 0 Å². The Kier molecular flexibility index (Phi) is 6.22. The maximum absolute atomic E-state index is 12.4. The van der Waals surface area contributed by atoms with Gasteiger partial charge in [-0.2, -0.15) is 5.10 Å². The van der Waals surface area contributed by atoms with Gasteiger partial charge < -0.3 is 5.32 Å². The molecular formula is C22H27N3O2. The second kappa shape index (κ2) is 8.80. The first-order valence-corrected chi connectivity index (χ1v) is 9.63. The number of aromatic nitrogens is 2. The standard InChI is InChI=1S/C22H27N3O2/c1-16(13-18-9-5-3-6-10-18)20-14-21(17(2)26)25(24-20)15-22(27)23-19-11-7-4-8-12-19/h3,5-6,9-10,14,19H,1,4,7-8,11-13,15H2,2H3,(H,23,27). The highest BCUT2D eigenvalue weighted by Gasteiger charge is 2.19. The predicted octanol–water partition coefficient (Wildman–Crippen LogP) is 3.79. The molecule has 1 N–H and O–H groups in total. The minimum absolute atomic E-state index is 0.0596. The monoisotopic (exact) mass is 365 g/mol. The number of nitrogens with zero attached hydrogens (tertiary/aromatic N) is 2. The van der Waals surface area contributed by atoms with E-state index in [4.69, 9.17) is 0 Å². The van der Waals surface area contributed by atoms with E-state index >= 15 is 0 Å². The molecular weight excluding hydrogens is 338 g/mol. The number of benzene rings is 1. The summed E-state index contributed by atoms with van der Waals surface area (Å²) in [6.45, 7) is 5.67. The second-order valence-corrected chi connectivity index (χ2v) is 7.30. The minimum Gasteiger partial charge on any atom is -0.352 e. The zero-order valence-electron chi connectivity index (χ0n) is 15.9. The van der Waals surface area contributed by atoms with Crippen LogP contribution in [-0.4, -0.2) is 27.5 Å². The van der Waals surface area contributed by atoms with Crippen LogP contribution in [0.15, 0.2) is 43.0 Å². The molecule has 1 aliphatic rings. The number of ketones is 1. The molecule has 0 atom stereocenters. The molecule has 1 aromatic carbocycles. The molecule has 1 saturated carbocycles. The van der Waals surface area contributed by atoms with Gasteiger partial charge in [0.2, 0.25) is 5.91 Å². The molecule has 5 heteroatoms. The second-order valence-electron chi connectivity index (χ2n) is 7.30. The Morgan fingerprint density at radius 2 is 1.89 bits per heavy atom. The Hall–Kier alpha value is -2.69. The van der Waals surface area contributed by atoms with E-state index in [1.54, 1.807) is 6.07 Å². The fourth-order valence-electron chi connectivity index (χ4n) is 3.58. The van der Waals surface area contributed by atoms with E-state index in [1.165, 1.54) is 18.0 Å². The van der Waals surface area contributed by atoms with Crippen molar-refractivity contribution in [2.24, 2.45) is 0 Å². The highest BCUT2D eigenvalue weighted by Crippen LogP contribution is 2.19. The molecule has 0 radical (unpaired) electrons. The Morgan fingerprint density at radius 3 is 2.56 bits per heavy atom. The smallest absolute Gasteiger partial charge is 0.241 e. The van der Waals surface area contributed by atoms with E-state index in [0.717, 1.165) is 36.8 Å². The van der Waals surface area contributed by atoms with E-state index in [-0.39, 0.29) is 24.3 Å². The molecule has 1 fully saturated rings. The first-order chi connectivity index (χ1) is 13.0. The van der Waals surface area contributed by atoms with E-state index in [1.807, 2.05) is 30.3 Å². The first kappa shape index (κ1) is 19.1. The van der Waals surface area contributed by atoms with Gasteiger partial charge in [0.05, 0.1) is 5.69 Å². The lowest BCUT2D eigenvalue weighted by Crippen LogP contribution is -2.38. The summed E-state index contributed by atoms with van der Waals surface area (Å²) in [4.78, 5) is 24.4. The largest absolute Gasteiger partial charge is 0.352 e. The van der Waals surface area contributed by atoms with Crippen LogP contribution >= 0.6 is 0 Å². The normalized spacial score (nSPS) is 14.7.